The van der Waals surface area contributed by atoms with Crippen molar-refractivity contribution in [3.8, 4) is 34.0 Å². The van der Waals surface area contributed by atoms with Crippen LogP contribution in [0.5, 0.6) is 11.6 Å². The topological polar surface area (TPSA) is 125 Å². The van der Waals surface area contributed by atoms with Gasteiger partial charge in [-0.05, 0) is 30.5 Å². The number of amides is 4. The number of carbonyl (C=O) groups is 3. The molecule has 12 heteroatoms. The Kier molecular flexibility index (Phi) is 8.39. The lowest BCUT2D eigenvalue weighted by molar-refractivity contribution is -0.119. The summed E-state index contributed by atoms with van der Waals surface area (Å²) in [6, 6.07) is 13.1. The summed E-state index contributed by atoms with van der Waals surface area (Å²) >= 11 is 7.08. The molecule has 1 saturated heterocycles. The van der Waals surface area contributed by atoms with Crippen LogP contribution >= 0.6 is 11.6 Å². The van der Waals surface area contributed by atoms with Gasteiger partial charge in [0.25, 0.3) is 5.91 Å². The molecule has 6 rings (SSSR count). The largest absolute Gasteiger partial charge is 0.491 e. The molecule has 1 aromatic heterocycles. The van der Waals surface area contributed by atoms with Gasteiger partial charge in [0.1, 0.15) is 12.4 Å². The van der Waals surface area contributed by atoms with Crippen LogP contribution in [0.1, 0.15) is 30.0 Å². The lowest BCUT2D eigenvalue weighted by Crippen LogP contribution is -2.43. The average molecular weight is 631 g/mol. The number of likely N-dealkylation sites (N-methyl/N-ethyl adjacent to an activating group) is 1. The minimum absolute atomic E-state index is 0.0800. The maximum atomic E-state index is 13.1. The molecule has 3 aromatic rings. The molecule has 0 radical (unpaired) electrons. The third-order valence-electron chi connectivity index (χ3n) is 8.45. The summed E-state index contributed by atoms with van der Waals surface area (Å²) in [5, 5.41) is 9.97. The molecule has 11 nitrogen and oxygen atoms in total. The zero-order valence-corrected chi connectivity index (χ0v) is 26.3. The van der Waals surface area contributed by atoms with Crippen LogP contribution in [0.25, 0.3) is 22.4 Å². The second-order valence-electron chi connectivity index (χ2n) is 11.5. The Morgan fingerprint density at radius 2 is 1.91 bits per heavy atom. The predicted octanol–water partition coefficient (Wildman–Crippen LogP) is 4.51. The van der Waals surface area contributed by atoms with E-state index in [1.54, 1.807) is 27.4 Å². The number of pyridine rings is 1. The van der Waals surface area contributed by atoms with Crippen molar-refractivity contribution in [1.82, 2.24) is 25.4 Å². The SMILES string of the molecule is COc1nc(-c2cccc(-c3cccc(NC(=O)C4=CN(C)C(=O)N(C)C4)c3C)c2Cl)cc2c1[C@H](NC[C@@H]1CCC(=O)N1)CO2. The number of fused-ring (bicyclic) bond motifs is 1. The van der Waals surface area contributed by atoms with E-state index in [2.05, 4.69) is 16.0 Å². The first-order chi connectivity index (χ1) is 21.6. The monoisotopic (exact) mass is 630 g/mol. The van der Waals surface area contributed by atoms with Gasteiger partial charge in [0.15, 0.2) is 0 Å². The molecule has 4 heterocycles. The molecule has 0 spiro atoms. The highest BCUT2D eigenvalue weighted by molar-refractivity contribution is 6.36. The minimum Gasteiger partial charge on any atom is -0.491 e. The third-order valence-corrected chi connectivity index (χ3v) is 8.86. The smallest absolute Gasteiger partial charge is 0.323 e. The van der Waals surface area contributed by atoms with Crippen molar-refractivity contribution in [2.24, 2.45) is 0 Å². The number of anilines is 1. The van der Waals surface area contributed by atoms with Crippen LogP contribution in [0.15, 0.2) is 54.2 Å². The second kappa shape index (κ2) is 12.4. The Morgan fingerprint density at radius 1 is 1.16 bits per heavy atom. The fourth-order valence-corrected chi connectivity index (χ4v) is 6.36. The number of nitrogens with one attached hydrogen (secondary N) is 3. The number of hydrogen-bond donors (Lipinski definition) is 3. The lowest BCUT2D eigenvalue weighted by Gasteiger charge is -2.29. The molecule has 0 saturated carbocycles. The van der Waals surface area contributed by atoms with Gasteiger partial charge in [-0.1, -0.05) is 41.9 Å². The number of halogens is 1. The molecule has 45 heavy (non-hydrogen) atoms. The first kappa shape index (κ1) is 30.4. The highest BCUT2D eigenvalue weighted by Crippen LogP contribution is 2.44. The van der Waals surface area contributed by atoms with Crippen LogP contribution in [-0.2, 0) is 9.59 Å². The Hall–Kier alpha value is -4.61. The number of rotatable bonds is 8. The average Bonchev–Trinajstić information content (AvgIpc) is 3.64. The minimum atomic E-state index is -0.281. The molecule has 2 aromatic carbocycles. The fourth-order valence-electron chi connectivity index (χ4n) is 6.03. The van der Waals surface area contributed by atoms with Gasteiger partial charge in [0.05, 0.1) is 41.5 Å². The van der Waals surface area contributed by atoms with Crippen LogP contribution in [0, 0.1) is 6.92 Å². The number of aromatic nitrogens is 1. The van der Waals surface area contributed by atoms with E-state index >= 15 is 0 Å². The van der Waals surface area contributed by atoms with E-state index in [0.29, 0.717) is 58.7 Å². The van der Waals surface area contributed by atoms with E-state index in [1.165, 1.54) is 9.80 Å². The van der Waals surface area contributed by atoms with Crippen molar-refractivity contribution in [1.29, 1.82) is 0 Å². The molecule has 2 atom stereocenters. The maximum absolute atomic E-state index is 13.1. The van der Waals surface area contributed by atoms with Gasteiger partial charge in [0, 0.05) is 62.2 Å². The number of nitrogens with zero attached hydrogens (tertiary/aromatic N) is 3. The van der Waals surface area contributed by atoms with E-state index in [0.717, 1.165) is 28.7 Å². The van der Waals surface area contributed by atoms with Gasteiger partial charge in [0.2, 0.25) is 11.8 Å². The second-order valence-corrected chi connectivity index (χ2v) is 11.9. The van der Waals surface area contributed by atoms with Crippen LogP contribution in [-0.4, -0.2) is 79.6 Å². The van der Waals surface area contributed by atoms with Crippen molar-refractivity contribution in [2.75, 3.05) is 46.2 Å². The summed E-state index contributed by atoms with van der Waals surface area (Å²) in [5.41, 5.74) is 5.76. The van der Waals surface area contributed by atoms with E-state index in [1.807, 2.05) is 49.4 Å². The molecular formula is C33H35ClN6O5. The van der Waals surface area contributed by atoms with Crippen molar-refractivity contribution < 1.29 is 23.9 Å². The Morgan fingerprint density at radius 3 is 2.64 bits per heavy atom. The Labute approximate surface area is 266 Å². The first-order valence-electron chi connectivity index (χ1n) is 14.8. The van der Waals surface area contributed by atoms with Crippen LogP contribution in [0.2, 0.25) is 5.02 Å². The summed E-state index contributed by atoms with van der Waals surface area (Å²) in [6.45, 7) is 3.20. The molecule has 3 aliphatic rings. The van der Waals surface area contributed by atoms with Gasteiger partial charge in [-0.15, -0.1) is 0 Å². The number of carbonyl (C=O) groups excluding carboxylic acids is 3. The predicted molar refractivity (Wildman–Crippen MR) is 171 cm³/mol. The van der Waals surface area contributed by atoms with Crippen molar-refractivity contribution >= 4 is 35.1 Å². The molecule has 0 bridgehead atoms. The van der Waals surface area contributed by atoms with Gasteiger partial charge >= 0.3 is 6.03 Å². The molecule has 4 amide bonds. The van der Waals surface area contributed by atoms with E-state index in [4.69, 9.17) is 26.1 Å². The maximum Gasteiger partial charge on any atom is 0.323 e. The molecular weight excluding hydrogens is 596 g/mol. The van der Waals surface area contributed by atoms with Gasteiger partial charge in [-0.25, -0.2) is 9.78 Å². The number of hydrogen-bond acceptors (Lipinski definition) is 7. The zero-order chi connectivity index (χ0) is 31.8. The lowest BCUT2D eigenvalue weighted by atomic mass is 9.96. The number of ether oxygens (including phenoxy) is 2. The van der Waals surface area contributed by atoms with Gasteiger partial charge in [-0.2, -0.15) is 0 Å². The molecule has 3 aliphatic heterocycles. The standard InChI is InChI=1S/C33H35ClN6O5/c1-18-21(7-6-10-24(18)37-31(42)19-15-39(2)33(43)40(3)16-19)22-8-5-9-23(30(22)34)25-13-27-29(32(38-25)44-4)26(17-45-27)35-14-20-11-12-28(41)36-20/h5-10,13,15,20,26,35H,11-12,14,16-17H2,1-4H3,(H,36,41)(H,37,42)/t20-,26+/m0/s1. The van der Waals surface area contributed by atoms with Crippen molar-refractivity contribution in [3.63, 3.8) is 0 Å². The first-order valence-corrected chi connectivity index (χ1v) is 15.2. The quantitative estimate of drug-likeness (QED) is 0.335. The number of urea groups is 1. The van der Waals surface area contributed by atoms with Crippen LogP contribution in [0.3, 0.4) is 0 Å². The summed E-state index contributed by atoms with van der Waals surface area (Å²) in [7, 11) is 4.86. The Bertz CT molecular complexity index is 1730. The van der Waals surface area contributed by atoms with E-state index in [9.17, 15) is 14.4 Å². The molecule has 1 fully saturated rings. The summed E-state index contributed by atoms with van der Waals surface area (Å²) in [6.07, 6.45) is 2.92. The molecule has 0 unspecified atom stereocenters. The normalized spacial score (nSPS) is 19.2. The van der Waals surface area contributed by atoms with Gasteiger partial charge < -0.3 is 35.2 Å². The number of benzene rings is 2. The Balaban J connectivity index is 1.26. The highest BCUT2D eigenvalue weighted by atomic mass is 35.5. The third kappa shape index (κ3) is 5.93. The van der Waals surface area contributed by atoms with Crippen LogP contribution in [0.4, 0.5) is 10.5 Å². The molecule has 0 aliphatic carbocycles. The zero-order valence-electron chi connectivity index (χ0n) is 25.6. The molecule has 3 N–H and O–H groups in total. The van der Waals surface area contributed by atoms with Gasteiger partial charge in [-0.3, -0.25) is 9.59 Å². The van der Waals surface area contributed by atoms with Crippen LogP contribution < -0.4 is 25.4 Å². The summed E-state index contributed by atoms with van der Waals surface area (Å²) in [4.78, 5) is 44.5. The number of methoxy groups -OCH3 is 1. The van der Waals surface area contributed by atoms with Crippen molar-refractivity contribution in [3.05, 3.63) is 70.4 Å². The van der Waals surface area contributed by atoms with E-state index < -0.39 is 0 Å². The van der Waals surface area contributed by atoms with E-state index in [-0.39, 0.29) is 36.5 Å². The highest BCUT2D eigenvalue weighted by Gasteiger charge is 2.32. The fraction of sp³-hybridized carbons (Fsp3) is 0.333. The van der Waals surface area contributed by atoms with Crippen molar-refractivity contribution in [2.45, 2.75) is 31.8 Å². The molecule has 234 valence electrons. The summed E-state index contributed by atoms with van der Waals surface area (Å²) in [5.74, 6) is 0.917. The summed E-state index contributed by atoms with van der Waals surface area (Å²) < 4.78 is 11.8.